The van der Waals surface area contributed by atoms with E-state index in [-0.39, 0.29) is 24.4 Å². The summed E-state index contributed by atoms with van der Waals surface area (Å²) in [7, 11) is 0. The van der Waals surface area contributed by atoms with Gasteiger partial charge in [0.05, 0.1) is 0 Å². The molecule has 9 heteroatoms. The summed E-state index contributed by atoms with van der Waals surface area (Å²) in [5, 5.41) is 12.4. The highest BCUT2D eigenvalue weighted by atomic mass is 16.2. The quantitative estimate of drug-likeness (QED) is 0.609. The van der Waals surface area contributed by atoms with Crippen LogP contribution in [0.2, 0.25) is 0 Å². The fourth-order valence-electron chi connectivity index (χ4n) is 2.40. The third kappa shape index (κ3) is 4.91. The van der Waals surface area contributed by atoms with Crippen LogP contribution >= 0.6 is 0 Å². The van der Waals surface area contributed by atoms with Crippen LogP contribution in [0, 0.1) is 5.92 Å². The van der Waals surface area contributed by atoms with Crippen LogP contribution in [-0.2, 0) is 11.3 Å². The largest absolute Gasteiger partial charge is 0.334 e. The van der Waals surface area contributed by atoms with E-state index in [9.17, 15) is 9.59 Å². The fraction of sp³-hybridized carbons (Fsp3) is 0.211. The first-order chi connectivity index (χ1) is 13.5. The Hall–Kier alpha value is -3.75. The van der Waals surface area contributed by atoms with E-state index in [2.05, 4.69) is 31.0 Å². The monoisotopic (exact) mass is 379 g/mol. The summed E-state index contributed by atoms with van der Waals surface area (Å²) in [6, 6.07) is 10.2. The first kappa shape index (κ1) is 19.0. The van der Waals surface area contributed by atoms with Crippen molar-refractivity contribution in [3.05, 3.63) is 60.8 Å². The summed E-state index contributed by atoms with van der Waals surface area (Å²) < 4.78 is 1.54. The average molecular weight is 379 g/mol. The number of rotatable bonds is 6. The molecule has 144 valence electrons. The standard InChI is InChI=1S/C19H21N7O2/c1-13(2)18(27)24-15-6-3-7-16(9-15)25-19(28)22-10-14-5-4-8-21-17(14)26-12-20-11-23-26/h3-9,11-13H,10H2,1-2H3,(H,24,27)(H2,22,25,28). The van der Waals surface area contributed by atoms with Gasteiger partial charge in [0, 0.05) is 35.6 Å². The number of aromatic nitrogens is 4. The Morgan fingerprint density at radius 1 is 1.11 bits per heavy atom. The summed E-state index contributed by atoms with van der Waals surface area (Å²) in [6.45, 7) is 3.90. The summed E-state index contributed by atoms with van der Waals surface area (Å²) in [4.78, 5) is 32.3. The maximum absolute atomic E-state index is 12.3. The van der Waals surface area contributed by atoms with Gasteiger partial charge >= 0.3 is 6.03 Å². The zero-order valence-corrected chi connectivity index (χ0v) is 15.6. The minimum atomic E-state index is -0.374. The van der Waals surface area contributed by atoms with E-state index in [1.807, 2.05) is 19.9 Å². The number of pyridine rings is 1. The van der Waals surface area contributed by atoms with E-state index in [0.29, 0.717) is 17.2 Å². The molecule has 1 aromatic carbocycles. The van der Waals surface area contributed by atoms with Crippen molar-refractivity contribution in [2.45, 2.75) is 20.4 Å². The maximum Gasteiger partial charge on any atom is 0.319 e. The number of amides is 3. The Morgan fingerprint density at radius 2 is 1.89 bits per heavy atom. The van der Waals surface area contributed by atoms with E-state index in [4.69, 9.17) is 0 Å². The molecule has 3 rings (SSSR count). The molecule has 0 saturated carbocycles. The molecule has 9 nitrogen and oxygen atoms in total. The van der Waals surface area contributed by atoms with Gasteiger partial charge in [0.15, 0.2) is 5.82 Å². The number of nitrogens with zero attached hydrogens (tertiary/aromatic N) is 4. The normalized spacial score (nSPS) is 10.5. The average Bonchev–Trinajstić information content (AvgIpc) is 3.21. The first-order valence-corrected chi connectivity index (χ1v) is 8.77. The van der Waals surface area contributed by atoms with Crippen LogP contribution < -0.4 is 16.0 Å². The molecule has 0 aliphatic rings. The lowest BCUT2D eigenvalue weighted by Gasteiger charge is -2.12. The van der Waals surface area contributed by atoms with Crippen LogP contribution in [0.1, 0.15) is 19.4 Å². The highest BCUT2D eigenvalue weighted by Crippen LogP contribution is 2.16. The second-order valence-electron chi connectivity index (χ2n) is 6.36. The fourth-order valence-corrected chi connectivity index (χ4v) is 2.40. The molecule has 3 aromatic rings. The molecule has 0 bridgehead atoms. The number of hydrogen-bond acceptors (Lipinski definition) is 5. The predicted octanol–water partition coefficient (Wildman–Crippen LogP) is 2.58. The number of anilines is 2. The van der Waals surface area contributed by atoms with Crippen molar-refractivity contribution >= 4 is 23.3 Å². The third-order valence-corrected chi connectivity index (χ3v) is 3.86. The van der Waals surface area contributed by atoms with Gasteiger partial charge in [0.25, 0.3) is 0 Å². The van der Waals surface area contributed by atoms with Crippen molar-refractivity contribution < 1.29 is 9.59 Å². The van der Waals surface area contributed by atoms with Gasteiger partial charge < -0.3 is 16.0 Å². The second kappa shape index (κ2) is 8.76. The van der Waals surface area contributed by atoms with E-state index < -0.39 is 0 Å². The van der Waals surface area contributed by atoms with Gasteiger partial charge in [-0.05, 0) is 24.3 Å². The number of hydrogen-bond donors (Lipinski definition) is 3. The van der Waals surface area contributed by atoms with Crippen molar-refractivity contribution in [2.75, 3.05) is 10.6 Å². The van der Waals surface area contributed by atoms with E-state index in [0.717, 1.165) is 5.56 Å². The van der Waals surface area contributed by atoms with Crippen LogP contribution in [0.4, 0.5) is 16.2 Å². The van der Waals surface area contributed by atoms with Crippen molar-refractivity contribution in [1.82, 2.24) is 25.1 Å². The first-order valence-electron chi connectivity index (χ1n) is 8.77. The molecule has 0 aliphatic carbocycles. The zero-order valence-electron chi connectivity index (χ0n) is 15.6. The molecule has 2 aromatic heterocycles. The Kier molecular flexibility index (Phi) is 5.95. The third-order valence-electron chi connectivity index (χ3n) is 3.86. The Labute approximate surface area is 162 Å². The van der Waals surface area contributed by atoms with E-state index >= 15 is 0 Å². The number of urea groups is 1. The van der Waals surface area contributed by atoms with Crippen molar-refractivity contribution in [1.29, 1.82) is 0 Å². The summed E-state index contributed by atoms with van der Waals surface area (Å²) in [6.07, 6.45) is 4.62. The molecule has 0 radical (unpaired) electrons. The van der Waals surface area contributed by atoms with Gasteiger partial charge in [0.1, 0.15) is 12.7 Å². The van der Waals surface area contributed by atoms with Crippen LogP contribution in [-0.4, -0.2) is 31.7 Å². The van der Waals surface area contributed by atoms with Crippen LogP contribution in [0.15, 0.2) is 55.2 Å². The molecule has 0 fully saturated rings. The maximum atomic E-state index is 12.3. The minimum absolute atomic E-state index is 0.0844. The molecule has 2 heterocycles. The zero-order chi connectivity index (χ0) is 19.9. The molecule has 3 amide bonds. The molecular weight excluding hydrogens is 358 g/mol. The van der Waals surface area contributed by atoms with Gasteiger partial charge in [0.2, 0.25) is 5.91 Å². The lowest BCUT2D eigenvalue weighted by molar-refractivity contribution is -0.118. The van der Waals surface area contributed by atoms with Crippen LogP contribution in [0.3, 0.4) is 0 Å². The van der Waals surface area contributed by atoms with E-state index in [1.54, 1.807) is 42.9 Å². The van der Waals surface area contributed by atoms with Gasteiger partial charge in [-0.3, -0.25) is 4.79 Å². The van der Waals surface area contributed by atoms with Gasteiger partial charge in [-0.1, -0.05) is 26.0 Å². The van der Waals surface area contributed by atoms with Gasteiger partial charge in [-0.2, -0.15) is 5.10 Å². The lowest BCUT2D eigenvalue weighted by Crippen LogP contribution is -2.28. The van der Waals surface area contributed by atoms with E-state index in [1.165, 1.54) is 11.0 Å². The van der Waals surface area contributed by atoms with Crippen molar-refractivity contribution in [3.8, 4) is 5.82 Å². The molecule has 3 N–H and O–H groups in total. The highest BCUT2D eigenvalue weighted by Gasteiger charge is 2.10. The molecule has 0 spiro atoms. The van der Waals surface area contributed by atoms with Gasteiger partial charge in [-0.15, -0.1) is 0 Å². The van der Waals surface area contributed by atoms with Crippen molar-refractivity contribution in [3.63, 3.8) is 0 Å². The highest BCUT2D eigenvalue weighted by molar-refractivity contribution is 5.94. The molecule has 0 aliphatic heterocycles. The Morgan fingerprint density at radius 3 is 2.61 bits per heavy atom. The second-order valence-corrected chi connectivity index (χ2v) is 6.36. The van der Waals surface area contributed by atoms with Crippen LogP contribution in [0.25, 0.3) is 5.82 Å². The summed E-state index contributed by atoms with van der Waals surface area (Å²) >= 11 is 0. The lowest BCUT2D eigenvalue weighted by atomic mass is 10.2. The van der Waals surface area contributed by atoms with Gasteiger partial charge in [-0.25, -0.2) is 19.4 Å². The molecular formula is C19H21N7O2. The minimum Gasteiger partial charge on any atom is -0.334 e. The predicted molar refractivity (Wildman–Crippen MR) is 105 cm³/mol. The Balaban J connectivity index is 1.61. The molecule has 0 saturated heterocycles. The number of carbonyl (C=O) groups excluding carboxylic acids is 2. The summed E-state index contributed by atoms with van der Waals surface area (Å²) in [5.74, 6) is 0.385. The molecule has 0 unspecified atom stereocenters. The number of nitrogens with one attached hydrogen (secondary N) is 3. The molecule has 28 heavy (non-hydrogen) atoms. The van der Waals surface area contributed by atoms with Crippen molar-refractivity contribution in [2.24, 2.45) is 5.92 Å². The SMILES string of the molecule is CC(C)C(=O)Nc1cccc(NC(=O)NCc2cccnc2-n2cncn2)c1. The number of benzene rings is 1. The summed E-state index contributed by atoms with van der Waals surface area (Å²) in [5.41, 5.74) is 1.99. The molecule has 0 atom stereocenters. The smallest absolute Gasteiger partial charge is 0.319 e. The topological polar surface area (TPSA) is 114 Å². The Bertz CT molecular complexity index is 954. The van der Waals surface area contributed by atoms with Crippen LogP contribution in [0.5, 0.6) is 0 Å². The number of carbonyl (C=O) groups is 2.